The van der Waals surface area contributed by atoms with E-state index in [2.05, 4.69) is 25.7 Å². The third-order valence-corrected chi connectivity index (χ3v) is 5.04. The third-order valence-electron chi connectivity index (χ3n) is 5.04. The van der Waals surface area contributed by atoms with Crippen molar-refractivity contribution in [1.29, 1.82) is 0 Å². The van der Waals surface area contributed by atoms with E-state index < -0.39 is 0 Å². The van der Waals surface area contributed by atoms with Crippen LogP contribution in [-0.2, 0) is 9.53 Å². The SMILES string of the molecule is CC(C)C1CCC(=O)C(CN2CC(CO)OCC2C)C1. The van der Waals surface area contributed by atoms with Crippen molar-refractivity contribution in [3.8, 4) is 0 Å². The number of hydrogen-bond donors (Lipinski definition) is 1. The van der Waals surface area contributed by atoms with Crippen LogP contribution in [-0.4, -0.2) is 54.2 Å². The molecule has 1 heterocycles. The first-order valence-electron chi connectivity index (χ1n) is 8.00. The second kappa shape index (κ2) is 7.01. The minimum absolute atomic E-state index is 0.0659. The van der Waals surface area contributed by atoms with Gasteiger partial charge in [-0.3, -0.25) is 9.69 Å². The first kappa shape index (κ1) is 15.9. The lowest BCUT2D eigenvalue weighted by Crippen LogP contribution is -2.52. The molecule has 116 valence electrons. The van der Waals surface area contributed by atoms with Crippen LogP contribution in [0.5, 0.6) is 0 Å². The predicted molar refractivity (Wildman–Crippen MR) is 78.5 cm³/mol. The zero-order valence-electron chi connectivity index (χ0n) is 13.0. The van der Waals surface area contributed by atoms with E-state index >= 15 is 0 Å². The largest absolute Gasteiger partial charge is 0.394 e. The second-order valence-electron chi connectivity index (χ2n) is 6.88. The molecule has 4 atom stereocenters. The summed E-state index contributed by atoms with van der Waals surface area (Å²) in [6.45, 7) is 8.96. The van der Waals surface area contributed by atoms with E-state index in [4.69, 9.17) is 4.74 Å². The molecule has 4 nitrogen and oxygen atoms in total. The highest BCUT2D eigenvalue weighted by atomic mass is 16.5. The number of hydrogen-bond acceptors (Lipinski definition) is 4. The van der Waals surface area contributed by atoms with Crippen molar-refractivity contribution in [2.75, 3.05) is 26.3 Å². The maximum absolute atomic E-state index is 12.2. The normalized spacial score (nSPS) is 36.5. The molecule has 0 bridgehead atoms. The number of ether oxygens (including phenoxy) is 1. The van der Waals surface area contributed by atoms with Crippen LogP contribution in [0.25, 0.3) is 0 Å². The number of carbonyl (C=O) groups is 1. The zero-order valence-corrected chi connectivity index (χ0v) is 13.0. The number of aliphatic hydroxyl groups excluding tert-OH is 1. The highest BCUT2D eigenvalue weighted by molar-refractivity contribution is 5.82. The Hall–Kier alpha value is -0.450. The first-order chi connectivity index (χ1) is 9.51. The molecule has 2 aliphatic rings. The number of morpholine rings is 1. The van der Waals surface area contributed by atoms with E-state index in [1.54, 1.807) is 0 Å². The summed E-state index contributed by atoms with van der Waals surface area (Å²) in [5.41, 5.74) is 0. The van der Waals surface area contributed by atoms with E-state index in [1.165, 1.54) is 0 Å². The maximum Gasteiger partial charge on any atom is 0.137 e. The van der Waals surface area contributed by atoms with Crippen molar-refractivity contribution in [3.63, 3.8) is 0 Å². The quantitative estimate of drug-likeness (QED) is 0.853. The number of rotatable bonds is 4. The fraction of sp³-hybridized carbons (Fsp3) is 0.938. The Morgan fingerprint density at radius 2 is 2.20 bits per heavy atom. The molecule has 1 saturated heterocycles. The summed E-state index contributed by atoms with van der Waals surface area (Å²) in [5.74, 6) is 1.96. The van der Waals surface area contributed by atoms with Crippen molar-refractivity contribution in [2.24, 2.45) is 17.8 Å². The smallest absolute Gasteiger partial charge is 0.137 e. The van der Waals surface area contributed by atoms with Gasteiger partial charge in [-0.05, 0) is 31.6 Å². The van der Waals surface area contributed by atoms with Crippen LogP contribution in [0.15, 0.2) is 0 Å². The van der Waals surface area contributed by atoms with E-state index in [-0.39, 0.29) is 18.6 Å². The summed E-state index contributed by atoms with van der Waals surface area (Å²) in [5, 5.41) is 9.25. The van der Waals surface area contributed by atoms with Gasteiger partial charge in [0.1, 0.15) is 5.78 Å². The Bertz CT molecular complexity index is 332. The maximum atomic E-state index is 12.2. The molecular weight excluding hydrogens is 254 g/mol. The molecular formula is C16H29NO3. The number of carbonyl (C=O) groups excluding carboxylic acids is 1. The van der Waals surface area contributed by atoms with Gasteiger partial charge in [0, 0.05) is 31.5 Å². The molecule has 0 radical (unpaired) electrons. The minimum Gasteiger partial charge on any atom is -0.394 e. The lowest BCUT2D eigenvalue weighted by atomic mass is 9.75. The summed E-state index contributed by atoms with van der Waals surface area (Å²) in [6, 6.07) is 0.338. The molecule has 0 aromatic heterocycles. The van der Waals surface area contributed by atoms with Crippen LogP contribution in [0, 0.1) is 17.8 Å². The molecule has 1 saturated carbocycles. The van der Waals surface area contributed by atoms with Crippen molar-refractivity contribution in [3.05, 3.63) is 0 Å². The Kier molecular flexibility index (Phi) is 5.58. The first-order valence-corrected chi connectivity index (χ1v) is 8.00. The average molecular weight is 283 g/mol. The van der Waals surface area contributed by atoms with E-state index in [0.29, 0.717) is 30.3 Å². The van der Waals surface area contributed by atoms with Crippen LogP contribution in [0.1, 0.15) is 40.0 Å². The summed E-state index contributed by atoms with van der Waals surface area (Å²) in [6.07, 6.45) is 2.75. The number of nitrogens with zero attached hydrogens (tertiary/aromatic N) is 1. The molecule has 0 spiro atoms. The van der Waals surface area contributed by atoms with Gasteiger partial charge in [-0.15, -0.1) is 0 Å². The molecule has 20 heavy (non-hydrogen) atoms. The fourth-order valence-electron chi connectivity index (χ4n) is 3.45. The molecule has 2 fully saturated rings. The zero-order chi connectivity index (χ0) is 14.7. The van der Waals surface area contributed by atoms with Gasteiger partial charge in [0.05, 0.1) is 19.3 Å². The Labute approximate surface area is 122 Å². The van der Waals surface area contributed by atoms with Gasteiger partial charge >= 0.3 is 0 Å². The molecule has 1 N–H and O–H groups in total. The Morgan fingerprint density at radius 1 is 1.45 bits per heavy atom. The molecule has 0 amide bonds. The van der Waals surface area contributed by atoms with Crippen molar-refractivity contribution in [1.82, 2.24) is 4.90 Å². The lowest BCUT2D eigenvalue weighted by molar-refractivity contribution is -0.129. The number of ketones is 1. The van der Waals surface area contributed by atoms with Crippen LogP contribution in [0.4, 0.5) is 0 Å². The van der Waals surface area contributed by atoms with Gasteiger partial charge in [0.15, 0.2) is 0 Å². The van der Waals surface area contributed by atoms with Crippen LogP contribution in [0.2, 0.25) is 0 Å². The monoisotopic (exact) mass is 283 g/mol. The van der Waals surface area contributed by atoms with E-state index in [1.807, 2.05) is 0 Å². The third kappa shape index (κ3) is 3.80. The molecule has 4 heteroatoms. The molecule has 0 aromatic rings. The van der Waals surface area contributed by atoms with Crippen molar-refractivity contribution in [2.45, 2.75) is 52.2 Å². The van der Waals surface area contributed by atoms with Crippen LogP contribution >= 0.6 is 0 Å². The summed E-state index contributed by atoms with van der Waals surface area (Å²) in [7, 11) is 0. The second-order valence-corrected chi connectivity index (χ2v) is 6.88. The average Bonchev–Trinajstić information content (AvgIpc) is 2.43. The van der Waals surface area contributed by atoms with E-state index in [9.17, 15) is 9.90 Å². The van der Waals surface area contributed by atoms with Crippen molar-refractivity contribution < 1.29 is 14.6 Å². The van der Waals surface area contributed by atoms with Crippen LogP contribution in [0.3, 0.4) is 0 Å². The molecule has 1 aliphatic heterocycles. The van der Waals surface area contributed by atoms with Gasteiger partial charge in [-0.25, -0.2) is 0 Å². The van der Waals surface area contributed by atoms with Gasteiger partial charge in [0.25, 0.3) is 0 Å². The molecule has 2 rings (SSSR count). The van der Waals surface area contributed by atoms with E-state index in [0.717, 1.165) is 32.4 Å². The predicted octanol–water partition coefficient (Wildman–Crippen LogP) is 1.71. The number of aliphatic hydroxyl groups is 1. The standard InChI is InChI=1S/C16H29NO3/c1-11(2)13-4-5-16(19)14(6-13)7-17-8-15(9-18)20-10-12(17)3/h11-15,18H,4-10H2,1-3H3. The molecule has 4 unspecified atom stereocenters. The summed E-state index contributed by atoms with van der Waals surface area (Å²) in [4.78, 5) is 14.5. The minimum atomic E-state index is -0.0919. The molecule has 0 aromatic carbocycles. The summed E-state index contributed by atoms with van der Waals surface area (Å²) < 4.78 is 5.57. The highest BCUT2D eigenvalue weighted by Gasteiger charge is 2.34. The van der Waals surface area contributed by atoms with Crippen molar-refractivity contribution >= 4 is 5.78 Å². The Balaban J connectivity index is 1.94. The Morgan fingerprint density at radius 3 is 2.85 bits per heavy atom. The van der Waals surface area contributed by atoms with Gasteiger partial charge in [0.2, 0.25) is 0 Å². The number of Topliss-reactive ketones (excluding diaryl/α,β-unsaturated/α-hetero) is 1. The topological polar surface area (TPSA) is 49.8 Å². The van der Waals surface area contributed by atoms with Gasteiger partial charge in [-0.1, -0.05) is 13.8 Å². The fourth-order valence-corrected chi connectivity index (χ4v) is 3.45. The summed E-state index contributed by atoms with van der Waals surface area (Å²) >= 11 is 0. The lowest BCUT2D eigenvalue weighted by Gasteiger charge is -2.40. The van der Waals surface area contributed by atoms with Gasteiger partial charge < -0.3 is 9.84 Å². The molecule has 1 aliphatic carbocycles. The van der Waals surface area contributed by atoms with Crippen LogP contribution < -0.4 is 0 Å². The highest BCUT2D eigenvalue weighted by Crippen LogP contribution is 2.32. The van der Waals surface area contributed by atoms with Gasteiger partial charge in [-0.2, -0.15) is 0 Å².